The molecule has 0 saturated carbocycles. The Hall–Kier alpha value is -2.16. The van der Waals surface area contributed by atoms with Crippen molar-refractivity contribution in [3.05, 3.63) is 48.9 Å². The smallest absolute Gasteiger partial charge is 0.156 e. The highest BCUT2D eigenvalue weighted by Gasteiger charge is 2.06. The summed E-state index contributed by atoms with van der Waals surface area (Å²) in [5.41, 5.74) is 4.00. The summed E-state index contributed by atoms with van der Waals surface area (Å²) in [6.07, 6.45) is 5.34. The van der Waals surface area contributed by atoms with E-state index in [1.807, 2.05) is 24.4 Å². The summed E-state index contributed by atoms with van der Waals surface area (Å²) in [6.45, 7) is 0. The molecule has 0 fully saturated rings. The molecule has 0 spiro atoms. The molecule has 3 rings (SSSR count). The highest BCUT2D eigenvalue weighted by molar-refractivity contribution is 5.89. The zero-order valence-corrected chi connectivity index (χ0v) is 8.01. The van der Waals surface area contributed by atoms with Gasteiger partial charge in [0.25, 0.3) is 0 Å². The average molecular weight is 195 g/mol. The van der Waals surface area contributed by atoms with Crippen LogP contribution in [0.1, 0.15) is 0 Å². The Kier molecular flexibility index (Phi) is 1.75. The van der Waals surface area contributed by atoms with Gasteiger partial charge < -0.3 is 4.98 Å². The Morgan fingerprint density at radius 2 is 1.73 bits per heavy atom. The van der Waals surface area contributed by atoms with E-state index in [1.54, 1.807) is 12.4 Å². The number of rotatable bonds is 1. The fourth-order valence-corrected chi connectivity index (χ4v) is 1.69. The van der Waals surface area contributed by atoms with Crippen molar-refractivity contribution in [3.63, 3.8) is 0 Å². The van der Waals surface area contributed by atoms with Gasteiger partial charge in [-0.05, 0) is 5.56 Å². The molecule has 72 valence electrons. The predicted molar refractivity (Wildman–Crippen MR) is 59.3 cm³/mol. The summed E-state index contributed by atoms with van der Waals surface area (Å²) in [5, 5.41) is 0. The van der Waals surface area contributed by atoms with Crippen molar-refractivity contribution in [1.29, 1.82) is 0 Å². The van der Waals surface area contributed by atoms with Crippen LogP contribution < -0.4 is 0 Å². The average Bonchev–Trinajstić information content (AvgIpc) is 2.74. The Bertz CT molecular complexity index is 584. The van der Waals surface area contributed by atoms with Crippen LogP contribution in [0.3, 0.4) is 0 Å². The van der Waals surface area contributed by atoms with Crippen LogP contribution in [0.2, 0.25) is 0 Å². The molecule has 0 aliphatic heterocycles. The number of nitrogens with one attached hydrogen (secondary N) is 1. The minimum atomic E-state index is 0.830. The maximum Gasteiger partial charge on any atom is 0.156 e. The SMILES string of the molecule is c1ccc(-c2c[nH]c3nccnc23)cc1. The first-order chi connectivity index (χ1) is 7.45. The van der Waals surface area contributed by atoms with Gasteiger partial charge >= 0.3 is 0 Å². The van der Waals surface area contributed by atoms with Crippen LogP contribution in [0.5, 0.6) is 0 Å². The van der Waals surface area contributed by atoms with E-state index in [-0.39, 0.29) is 0 Å². The zero-order valence-electron chi connectivity index (χ0n) is 8.01. The van der Waals surface area contributed by atoms with Crippen molar-refractivity contribution in [2.24, 2.45) is 0 Å². The summed E-state index contributed by atoms with van der Waals surface area (Å²) in [6, 6.07) is 10.2. The summed E-state index contributed by atoms with van der Waals surface area (Å²) >= 11 is 0. The molecule has 2 heterocycles. The Balaban J connectivity index is 2.28. The van der Waals surface area contributed by atoms with Crippen LogP contribution in [0.25, 0.3) is 22.3 Å². The molecule has 2 aromatic heterocycles. The van der Waals surface area contributed by atoms with Crippen molar-refractivity contribution >= 4 is 11.2 Å². The molecule has 0 bridgehead atoms. The molecule has 1 N–H and O–H groups in total. The first kappa shape index (κ1) is 8.17. The van der Waals surface area contributed by atoms with Gasteiger partial charge in [-0.3, -0.25) is 4.98 Å². The van der Waals surface area contributed by atoms with Gasteiger partial charge in [-0.25, -0.2) is 4.98 Å². The van der Waals surface area contributed by atoms with E-state index >= 15 is 0 Å². The molecule has 0 amide bonds. The summed E-state index contributed by atoms with van der Waals surface area (Å²) in [4.78, 5) is 11.6. The Morgan fingerprint density at radius 3 is 2.60 bits per heavy atom. The van der Waals surface area contributed by atoms with Crippen LogP contribution >= 0.6 is 0 Å². The van der Waals surface area contributed by atoms with Crippen molar-refractivity contribution in [1.82, 2.24) is 15.0 Å². The van der Waals surface area contributed by atoms with Crippen LogP contribution in [-0.2, 0) is 0 Å². The molecule has 1 aromatic carbocycles. The van der Waals surface area contributed by atoms with Crippen molar-refractivity contribution < 1.29 is 0 Å². The van der Waals surface area contributed by atoms with E-state index < -0.39 is 0 Å². The van der Waals surface area contributed by atoms with Gasteiger partial charge in [-0.1, -0.05) is 30.3 Å². The van der Waals surface area contributed by atoms with Gasteiger partial charge in [0.2, 0.25) is 0 Å². The molecular formula is C12H9N3. The van der Waals surface area contributed by atoms with E-state index in [9.17, 15) is 0 Å². The molecule has 15 heavy (non-hydrogen) atoms. The first-order valence-electron chi connectivity index (χ1n) is 4.78. The van der Waals surface area contributed by atoms with Gasteiger partial charge in [0.1, 0.15) is 5.52 Å². The lowest BCUT2D eigenvalue weighted by Crippen LogP contribution is -1.80. The fourth-order valence-electron chi connectivity index (χ4n) is 1.69. The van der Waals surface area contributed by atoms with Gasteiger partial charge in [-0.15, -0.1) is 0 Å². The van der Waals surface area contributed by atoms with Crippen molar-refractivity contribution in [2.75, 3.05) is 0 Å². The summed E-state index contributed by atoms with van der Waals surface area (Å²) in [5.74, 6) is 0. The molecule has 0 saturated heterocycles. The van der Waals surface area contributed by atoms with Crippen LogP contribution in [0, 0.1) is 0 Å². The monoisotopic (exact) mass is 195 g/mol. The maximum absolute atomic E-state index is 4.32. The fraction of sp³-hybridized carbons (Fsp3) is 0. The van der Waals surface area contributed by atoms with Crippen LogP contribution in [0.4, 0.5) is 0 Å². The number of hydrogen-bond donors (Lipinski definition) is 1. The summed E-state index contributed by atoms with van der Waals surface area (Å²) < 4.78 is 0. The largest absolute Gasteiger partial charge is 0.344 e. The molecule has 3 heteroatoms. The zero-order chi connectivity index (χ0) is 10.1. The number of benzene rings is 1. The Morgan fingerprint density at radius 1 is 0.933 bits per heavy atom. The third kappa shape index (κ3) is 1.29. The highest BCUT2D eigenvalue weighted by atomic mass is 14.9. The minimum Gasteiger partial charge on any atom is -0.344 e. The Labute approximate surface area is 86.8 Å². The number of nitrogens with zero attached hydrogens (tertiary/aromatic N) is 2. The molecular weight excluding hydrogens is 186 g/mol. The number of fused-ring (bicyclic) bond motifs is 1. The number of H-pyrrole nitrogens is 1. The maximum atomic E-state index is 4.32. The van der Waals surface area contributed by atoms with Gasteiger partial charge in [0.05, 0.1) is 0 Å². The molecule has 3 nitrogen and oxygen atoms in total. The lowest BCUT2D eigenvalue weighted by Gasteiger charge is -1.96. The van der Waals surface area contributed by atoms with Gasteiger partial charge in [-0.2, -0.15) is 0 Å². The first-order valence-corrected chi connectivity index (χ1v) is 4.78. The number of aromatic nitrogens is 3. The molecule has 0 aliphatic carbocycles. The van der Waals surface area contributed by atoms with Crippen LogP contribution in [-0.4, -0.2) is 15.0 Å². The number of aromatic amines is 1. The molecule has 0 atom stereocenters. The van der Waals surface area contributed by atoms with E-state index in [4.69, 9.17) is 0 Å². The molecule has 0 aliphatic rings. The standard InChI is InChI=1S/C12H9N3/c1-2-4-9(5-3-1)10-8-15-12-11(10)13-6-7-14-12/h1-8H,(H,14,15). The topological polar surface area (TPSA) is 41.6 Å². The van der Waals surface area contributed by atoms with Gasteiger partial charge in [0, 0.05) is 24.2 Å². The third-order valence-corrected chi connectivity index (χ3v) is 2.39. The highest BCUT2D eigenvalue weighted by Crippen LogP contribution is 2.25. The lowest BCUT2D eigenvalue weighted by atomic mass is 10.1. The van der Waals surface area contributed by atoms with E-state index in [0.717, 1.165) is 22.3 Å². The van der Waals surface area contributed by atoms with E-state index in [1.165, 1.54) is 0 Å². The van der Waals surface area contributed by atoms with Crippen molar-refractivity contribution in [3.8, 4) is 11.1 Å². The van der Waals surface area contributed by atoms with Crippen LogP contribution in [0.15, 0.2) is 48.9 Å². The predicted octanol–water partition coefficient (Wildman–Crippen LogP) is 2.62. The quantitative estimate of drug-likeness (QED) is 0.648. The second-order valence-corrected chi connectivity index (χ2v) is 3.32. The lowest BCUT2D eigenvalue weighted by molar-refractivity contribution is 1.26. The molecule has 3 aromatic rings. The second kappa shape index (κ2) is 3.20. The normalized spacial score (nSPS) is 10.7. The molecule has 0 radical (unpaired) electrons. The summed E-state index contributed by atoms with van der Waals surface area (Å²) in [7, 11) is 0. The van der Waals surface area contributed by atoms with E-state index in [2.05, 4.69) is 27.1 Å². The third-order valence-electron chi connectivity index (χ3n) is 2.39. The second-order valence-electron chi connectivity index (χ2n) is 3.32. The van der Waals surface area contributed by atoms with E-state index in [0.29, 0.717) is 0 Å². The van der Waals surface area contributed by atoms with Crippen molar-refractivity contribution in [2.45, 2.75) is 0 Å². The minimum absolute atomic E-state index is 0.830. The molecule has 0 unspecified atom stereocenters. The van der Waals surface area contributed by atoms with Gasteiger partial charge in [0.15, 0.2) is 5.65 Å². The number of hydrogen-bond acceptors (Lipinski definition) is 2.